The number of benzene rings is 1. The van der Waals surface area contributed by atoms with E-state index in [1.54, 1.807) is 12.1 Å². The summed E-state index contributed by atoms with van der Waals surface area (Å²) >= 11 is 3.11. The van der Waals surface area contributed by atoms with Crippen LogP contribution in [0.5, 0.6) is 5.75 Å². The molecule has 0 radical (unpaired) electrons. The number of rotatable bonds is 3. The van der Waals surface area contributed by atoms with Gasteiger partial charge < -0.3 is 4.74 Å². The molecule has 0 heterocycles. The minimum atomic E-state index is -0.272. The Hall–Kier alpha value is -0.570. The third kappa shape index (κ3) is 2.51. The van der Waals surface area contributed by atoms with E-state index in [4.69, 9.17) is 4.74 Å². The van der Waals surface area contributed by atoms with Crippen molar-refractivity contribution in [1.29, 1.82) is 0 Å². The molecule has 3 heteroatoms. The quantitative estimate of drug-likeness (QED) is 0.803. The molecule has 0 aliphatic heterocycles. The van der Waals surface area contributed by atoms with Crippen molar-refractivity contribution in [2.24, 2.45) is 5.41 Å². The van der Waals surface area contributed by atoms with Crippen molar-refractivity contribution < 1.29 is 9.13 Å². The van der Waals surface area contributed by atoms with E-state index in [0.29, 0.717) is 22.2 Å². The third-order valence-corrected chi connectivity index (χ3v) is 3.68. The van der Waals surface area contributed by atoms with Gasteiger partial charge in [0.1, 0.15) is 11.6 Å². The van der Waals surface area contributed by atoms with Crippen molar-refractivity contribution >= 4 is 15.9 Å². The Morgan fingerprint density at radius 1 is 1.47 bits per heavy atom. The number of hydrogen-bond donors (Lipinski definition) is 0. The monoisotopic (exact) mass is 272 g/mol. The molecule has 2 rings (SSSR count). The van der Waals surface area contributed by atoms with Crippen molar-refractivity contribution in [3.63, 3.8) is 0 Å². The van der Waals surface area contributed by atoms with Crippen molar-refractivity contribution in [3.05, 3.63) is 28.5 Å². The lowest BCUT2D eigenvalue weighted by Crippen LogP contribution is -2.32. The molecule has 1 aliphatic rings. The van der Waals surface area contributed by atoms with E-state index in [0.717, 1.165) is 0 Å². The van der Waals surface area contributed by atoms with Gasteiger partial charge in [-0.05, 0) is 40.9 Å². The Morgan fingerprint density at radius 3 is 2.73 bits per heavy atom. The zero-order chi connectivity index (χ0) is 10.9. The Kier molecular flexibility index (Phi) is 3.01. The van der Waals surface area contributed by atoms with E-state index in [2.05, 4.69) is 22.9 Å². The minimum absolute atomic E-state index is 0.272. The van der Waals surface area contributed by atoms with Crippen molar-refractivity contribution in [2.75, 3.05) is 6.61 Å². The smallest absolute Gasteiger partial charge is 0.141 e. The predicted octanol–water partition coefficient (Wildman–Crippen LogP) is 4.16. The molecule has 0 N–H and O–H groups in total. The van der Waals surface area contributed by atoms with E-state index < -0.39 is 0 Å². The fourth-order valence-electron chi connectivity index (χ4n) is 1.75. The highest BCUT2D eigenvalue weighted by atomic mass is 79.9. The Bertz CT molecular complexity index is 361. The topological polar surface area (TPSA) is 9.23 Å². The molecule has 1 nitrogen and oxygen atoms in total. The van der Waals surface area contributed by atoms with Crippen molar-refractivity contribution in [2.45, 2.75) is 26.2 Å². The molecule has 1 fully saturated rings. The molecule has 0 spiro atoms. The number of hydrogen-bond acceptors (Lipinski definition) is 1. The molecular formula is C12H14BrFO. The molecule has 0 atom stereocenters. The van der Waals surface area contributed by atoms with E-state index in [1.807, 2.05) is 0 Å². The van der Waals surface area contributed by atoms with Gasteiger partial charge in [-0.15, -0.1) is 0 Å². The van der Waals surface area contributed by atoms with Crippen LogP contribution in [0.4, 0.5) is 4.39 Å². The first-order chi connectivity index (χ1) is 7.09. The fourth-order valence-corrected chi connectivity index (χ4v) is 2.00. The summed E-state index contributed by atoms with van der Waals surface area (Å²) in [5.74, 6) is 0.343. The minimum Gasteiger partial charge on any atom is -0.493 e. The molecule has 1 aromatic carbocycles. The normalized spacial score (nSPS) is 18.3. The Balaban J connectivity index is 1.96. The predicted molar refractivity (Wildman–Crippen MR) is 61.6 cm³/mol. The lowest BCUT2D eigenvalue weighted by molar-refractivity contribution is 0.0774. The van der Waals surface area contributed by atoms with Gasteiger partial charge in [-0.1, -0.05) is 13.3 Å². The van der Waals surface area contributed by atoms with Gasteiger partial charge in [0.2, 0.25) is 0 Å². The molecule has 1 saturated carbocycles. The number of halogens is 2. The molecule has 0 bridgehead atoms. The summed E-state index contributed by atoms with van der Waals surface area (Å²) in [4.78, 5) is 0. The largest absolute Gasteiger partial charge is 0.493 e. The molecule has 82 valence electrons. The highest BCUT2D eigenvalue weighted by Gasteiger charge is 2.32. The van der Waals surface area contributed by atoms with Crippen molar-refractivity contribution in [1.82, 2.24) is 0 Å². The average molecular weight is 273 g/mol. The summed E-state index contributed by atoms with van der Waals surface area (Å²) in [6.45, 7) is 2.90. The van der Waals surface area contributed by atoms with Crippen LogP contribution in [-0.4, -0.2) is 6.61 Å². The molecule has 0 saturated heterocycles. The maximum atomic E-state index is 13.2. The molecule has 0 amide bonds. The van der Waals surface area contributed by atoms with E-state index in [1.165, 1.54) is 25.3 Å². The van der Waals surface area contributed by atoms with Gasteiger partial charge in [0.15, 0.2) is 0 Å². The third-order valence-electron chi connectivity index (χ3n) is 3.04. The van der Waals surface area contributed by atoms with Crippen LogP contribution >= 0.6 is 15.9 Å². The molecule has 1 aromatic rings. The lowest BCUT2D eigenvalue weighted by Gasteiger charge is -2.37. The van der Waals surface area contributed by atoms with Gasteiger partial charge in [0.05, 0.1) is 11.1 Å². The van der Waals surface area contributed by atoms with E-state index >= 15 is 0 Å². The molecular weight excluding hydrogens is 259 g/mol. The molecule has 0 aromatic heterocycles. The molecule has 15 heavy (non-hydrogen) atoms. The summed E-state index contributed by atoms with van der Waals surface area (Å²) in [5.41, 5.74) is 0.309. The second kappa shape index (κ2) is 4.12. The van der Waals surface area contributed by atoms with Gasteiger partial charge in [-0.25, -0.2) is 4.39 Å². The highest BCUT2D eigenvalue weighted by Crippen LogP contribution is 2.40. The Labute approximate surface area is 97.8 Å². The summed E-state index contributed by atoms with van der Waals surface area (Å²) in [7, 11) is 0. The first-order valence-corrected chi connectivity index (χ1v) is 5.96. The summed E-state index contributed by atoms with van der Waals surface area (Å²) in [6.07, 6.45) is 3.71. The van der Waals surface area contributed by atoms with Crippen LogP contribution in [-0.2, 0) is 0 Å². The highest BCUT2D eigenvalue weighted by molar-refractivity contribution is 9.10. The summed E-state index contributed by atoms with van der Waals surface area (Å²) in [5, 5.41) is 0. The maximum Gasteiger partial charge on any atom is 0.141 e. The van der Waals surface area contributed by atoms with Gasteiger partial charge in [-0.2, -0.15) is 0 Å². The van der Waals surface area contributed by atoms with E-state index in [9.17, 15) is 4.39 Å². The Morgan fingerprint density at radius 2 is 2.20 bits per heavy atom. The standard InChI is InChI=1S/C12H14BrFO/c1-12(5-2-6-12)8-15-9-3-4-10(13)11(14)7-9/h3-4,7H,2,5-6,8H2,1H3. The van der Waals surface area contributed by atoms with Crippen LogP contribution < -0.4 is 4.74 Å². The first-order valence-electron chi connectivity index (χ1n) is 5.17. The second-order valence-electron chi connectivity index (χ2n) is 4.53. The zero-order valence-electron chi connectivity index (χ0n) is 8.72. The van der Waals surface area contributed by atoms with Gasteiger partial charge in [0, 0.05) is 11.5 Å². The summed E-state index contributed by atoms with van der Waals surface area (Å²) in [6, 6.07) is 4.88. The van der Waals surface area contributed by atoms with Crippen LogP contribution in [0.25, 0.3) is 0 Å². The van der Waals surface area contributed by atoms with Crippen molar-refractivity contribution in [3.8, 4) is 5.75 Å². The van der Waals surface area contributed by atoms with E-state index in [-0.39, 0.29) is 5.82 Å². The van der Waals surface area contributed by atoms with Crippen LogP contribution in [0.1, 0.15) is 26.2 Å². The number of ether oxygens (including phenoxy) is 1. The van der Waals surface area contributed by atoms with Gasteiger partial charge in [0.25, 0.3) is 0 Å². The summed E-state index contributed by atoms with van der Waals surface area (Å²) < 4.78 is 19.2. The maximum absolute atomic E-state index is 13.2. The molecule has 1 aliphatic carbocycles. The van der Waals surface area contributed by atoms with Gasteiger partial charge in [-0.3, -0.25) is 0 Å². The van der Waals surface area contributed by atoms with Crippen LogP contribution in [0.15, 0.2) is 22.7 Å². The molecule has 0 unspecified atom stereocenters. The average Bonchev–Trinajstić information content (AvgIpc) is 2.17. The van der Waals surface area contributed by atoms with Gasteiger partial charge >= 0.3 is 0 Å². The second-order valence-corrected chi connectivity index (χ2v) is 5.38. The van der Waals surface area contributed by atoms with Crippen LogP contribution in [0.2, 0.25) is 0 Å². The van der Waals surface area contributed by atoms with Crippen LogP contribution in [0, 0.1) is 11.2 Å². The zero-order valence-corrected chi connectivity index (χ0v) is 10.3. The van der Waals surface area contributed by atoms with Crippen LogP contribution in [0.3, 0.4) is 0 Å². The fraction of sp³-hybridized carbons (Fsp3) is 0.500. The lowest BCUT2D eigenvalue weighted by atomic mass is 9.71. The first kappa shape index (κ1) is 10.9. The SMILES string of the molecule is CC1(COc2ccc(Br)c(F)c2)CCC1.